The summed E-state index contributed by atoms with van der Waals surface area (Å²) < 4.78 is 0.948. The number of rotatable bonds is 3. The molecular weight excluding hydrogens is 300 g/mol. The minimum Gasteiger partial charge on any atom is -0.322 e. The Morgan fingerprint density at radius 2 is 2.24 bits per heavy atom. The van der Waals surface area contributed by atoms with Crippen LogP contribution in [0.15, 0.2) is 15.9 Å². The monoisotopic (exact) mass is 312 g/mol. The van der Waals surface area contributed by atoms with E-state index in [9.17, 15) is 4.79 Å². The van der Waals surface area contributed by atoms with Crippen molar-refractivity contribution in [3.05, 3.63) is 20.8 Å². The summed E-state index contributed by atoms with van der Waals surface area (Å²) in [5.41, 5.74) is 0. The molecule has 0 spiro atoms. The lowest BCUT2D eigenvalue weighted by molar-refractivity contribution is 0.0714. The molecule has 0 aliphatic heterocycles. The molecule has 0 saturated heterocycles. The van der Waals surface area contributed by atoms with Gasteiger partial charge >= 0.3 is 0 Å². The van der Waals surface area contributed by atoms with E-state index in [1.807, 2.05) is 12.1 Å². The molecule has 1 saturated carbocycles. The van der Waals surface area contributed by atoms with E-state index in [4.69, 9.17) is 5.26 Å². The zero-order chi connectivity index (χ0) is 12.3. The van der Waals surface area contributed by atoms with E-state index in [1.54, 1.807) is 4.90 Å². The van der Waals surface area contributed by atoms with Crippen LogP contribution in [0.2, 0.25) is 0 Å². The molecule has 0 radical (unpaired) electrons. The Balaban J connectivity index is 2.15. The van der Waals surface area contributed by atoms with E-state index in [0.717, 1.165) is 29.5 Å². The Labute approximate surface area is 113 Å². The first-order chi connectivity index (χ1) is 8.22. The second-order valence-electron chi connectivity index (χ2n) is 4.13. The lowest BCUT2D eigenvalue weighted by Gasteiger charge is -2.25. The summed E-state index contributed by atoms with van der Waals surface area (Å²) in [6.07, 6.45) is 4.38. The SMILES string of the molecule is N#CCN(C(=O)c1ccc(Br)s1)C1CCCC1. The van der Waals surface area contributed by atoms with Gasteiger partial charge in [-0.2, -0.15) is 5.26 Å². The standard InChI is InChI=1S/C12H13BrN2OS/c13-11-6-5-10(17-11)12(16)15(8-7-14)9-3-1-2-4-9/h5-6,9H,1-4,8H2. The van der Waals surface area contributed by atoms with E-state index in [2.05, 4.69) is 22.0 Å². The molecule has 1 aromatic heterocycles. The average Bonchev–Trinajstić information content (AvgIpc) is 2.95. The van der Waals surface area contributed by atoms with Gasteiger partial charge in [0.15, 0.2) is 0 Å². The van der Waals surface area contributed by atoms with Crippen LogP contribution in [0, 0.1) is 11.3 Å². The molecule has 0 bridgehead atoms. The Kier molecular flexibility index (Phi) is 4.19. The van der Waals surface area contributed by atoms with E-state index in [0.29, 0.717) is 4.88 Å². The molecular formula is C12H13BrN2OS. The highest BCUT2D eigenvalue weighted by Gasteiger charge is 2.27. The number of hydrogen-bond donors (Lipinski definition) is 0. The highest BCUT2D eigenvalue weighted by atomic mass is 79.9. The summed E-state index contributed by atoms with van der Waals surface area (Å²) in [4.78, 5) is 14.7. The van der Waals surface area contributed by atoms with E-state index in [1.165, 1.54) is 11.3 Å². The molecule has 5 heteroatoms. The predicted molar refractivity (Wildman–Crippen MR) is 70.9 cm³/mol. The van der Waals surface area contributed by atoms with Crippen LogP contribution in [0.4, 0.5) is 0 Å². The van der Waals surface area contributed by atoms with Gasteiger partial charge in [-0.1, -0.05) is 12.8 Å². The third kappa shape index (κ3) is 2.88. The van der Waals surface area contributed by atoms with Gasteiger partial charge in [0.2, 0.25) is 0 Å². The van der Waals surface area contributed by atoms with Crippen LogP contribution >= 0.6 is 27.3 Å². The third-order valence-corrected chi connectivity index (χ3v) is 4.66. The molecule has 1 aliphatic carbocycles. The van der Waals surface area contributed by atoms with Gasteiger partial charge in [-0.3, -0.25) is 4.79 Å². The van der Waals surface area contributed by atoms with Crippen LogP contribution in [0.5, 0.6) is 0 Å². The minimum absolute atomic E-state index is 0.00542. The van der Waals surface area contributed by atoms with Crippen molar-refractivity contribution in [1.82, 2.24) is 4.90 Å². The molecule has 1 aliphatic rings. The van der Waals surface area contributed by atoms with Gasteiger partial charge < -0.3 is 4.90 Å². The largest absolute Gasteiger partial charge is 0.322 e. The zero-order valence-corrected chi connectivity index (χ0v) is 11.8. The third-order valence-electron chi connectivity index (χ3n) is 3.05. The molecule has 0 atom stereocenters. The maximum Gasteiger partial charge on any atom is 0.265 e. The molecule has 1 aromatic rings. The fourth-order valence-corrected chi connectivity index (χ4v) is 3.57. The molecule has 1 heterocycles. The first-order valence-corrected chi connectivity index (χ1v) is 7.26. The summed E-state index contributed by atoms with van der Waals surface area (Å²) in [6.45, 7) is 0.193. The Bertz CT molecular complexity index is 446. The number of amides is 1. The molecule has 2 rings (SSSR count). The maximum absolute atomic E-state index is 12.3. The van der Waals surface area contributed by atoms with Crippen molar-refractivity contribution in [3.63, 3.8) is 0 Å². The summed E-state index contributed by atoms with van der Waals surface area (Å²) >= 11 is 4.78. The van der Waals surface area contributed by atoms with Gasteiger partial charge in [0.1, 0.15) is 6.54 Å². The highest BCUT2D eigenvalue weighted by Crippen LogP contribution is 2.28. The number of halogens is 1. The van der Waals surface area contributed by atoms with Crippen LogP contribution in [-0.4, -0.2) is 23.4 Å². The zero-order valence-electron chi connectivity index (χ0n) is 9.36. The summed E-state index contributed by atoms with van der Waals surface area (Å²) in [5, 5.41) is 8.85. The van der Waals surface area contributed by atoms with Crippen molar-refractivity contribution < 1.29 is 4.79 Å². The minimum atomic E-state index is -0.00542. The Morgan fingerprint density at radius 3 is 2.76 bits per heavy atom. The van der Waals surface area contributed by atoms with Gasteiger partial charge in [0, 0.05) is 6.04 Å². The highest BCUT2D eigenvalue weighted by molar-refractivity contribution is 9.11. The van der Waals surface area contributed by atoms with Gasteiger partial charge in [0.05, 0.1) is 14.7 Å². The second-order valence-corrected chi connectivity index (χ2v) is 6.60. The first-order valence-electron chi connectivity index (χ1n) is 5.65. The Hall–Kier alpha value is -0.860. The van der Waals surface area contributed by atoms with Crippen LogP contribution < -0.4 is 0 Å². The normalized spacial score (nSPS) is 15.8. The molecule has 90 valence electrons. The van der Waals surface area contributed by atoms with Crippen molar-refractivity contribution in [2.45, 2.75) is 31.7 Å². The lowest BCUT2D eigenvalue weighted by Crippen LogP contribution is -2.38. The van der Waals surface area contributed by atoms with Crippen molar-refractivity contribution in [1.29, 1.82) is 5.26 Å². The lowest BCUT2D eigenvalue weighted by atomic mass is 10.2. The predicted octanol–water partition coefficient (Wildman–Crippen LogP) is 3.42. The molecule has 1 amide bonds. The maximum atomic E-state index is 12.3. The smallest absolute Gasteiger partial charge is 0.265 e. The van der Waals surface area contributed by atoms with Crippen molar-refractivity contribution >= 4 is 33.2 Å². The van der Waals surface area contributed by atoms with Gasteiger partial charge in [-0.05, 0) is 40.9 Å². The van der Waals surface area contributed by atoms with Gasteiger partial charge in [-0.15, -0.1) is 11.3 Å². The van der Waals surface area contributed by atoms with Crippen LogP contribution in [0.3, 0.4) is 0 Å². The van der Waals surface area contributed by atoms with Crippen molar-refractivity contribution in [3.8, 4) is 6.07 Å². The topological polar surface area (TPSA) is 44.1 Å². The summed E-state index contributed by atoms with van der Waals surface area (Å²) in [6, 6.07) is 6.04. The van der Waals surface area contributed by atoms with E-state index < -0.39 is 0 Å². The fraction of sp³-hybridized carbons (Fsp3) is 0.500. The van der Waals surface area contributed by atoms with E-state index >= 15 is 0 Å². The fourth-order valence-electron chi connectivity index (χ4n) is 2.23. The van der Waals surface area contributed by atoms with Crippen LogP contribution in [-0.2, 0) is 0 Å². The molecule has 3 nitrogen and oxygen atoms in total. The number of carbonyl (C=O) groups is 1. The average molecular weight is 313 g/mol. The van der Waals surface area contributed by atoms with Crippen molar-refractivity contribution in [2.75, 3.05) is 6.54 Å². The van der Waals surface area contributed by atoms with Gasteiger partial charge in [0.25, 0.3) is 5.91 Å². The van der Waals surface area contributed by atoms with Crippen LogP contribution in [0.25, 0.3) is 0 Å². The molecule has 17 heavy (non-hydrogen) atoms. The van der Waals surface area contributed by atoms with Crippen LogP contribution in [0.1, 0.15) is 35.4 Å². The first kappa shape index (κ1) is 12.6. The van der Waals surface area contributed by atoms with Crippen molar-refractivity contribution in [2.24, 2.45) is 0 Å². The second kappa shape index (κ2) is 5.65. The molecule has 0 unspecified atom stereocenters. The number of carbonyl (C=O) groups excluding carboxylic acids is 1. The number of thiophene rings is 1. The Morgan fingerprint density at radius 1 is 1.53 bits per heavy atom. The number of nitrogens with zero attached hydrogens (tertiary/aromatic N) is 2. The number of nitriles is 1. The molecule has 1 fully saturated rings. The quantitative estimate of drug-likeness (QED) is 0.803. The van der Waals surface area contributed by atoms with Gasteiger partial charge in [-0.25, -0.2) is 0 Å². The summed E-state index contributed by atoms with van der Waals surface area (Å²) in [7, 11) is 0. The number of hydrogen-bond acceptors (Lipinski definition) is 3. The summed E-state index contributed by atoms with van der Waals surface area (Å²) in [5.74, 6) is -0.00542. The van der Waals surface area contributed by atoms with E-state index in [-0.39, 0.29) is 18.5 Å². The molecule has 0 aromatic carbocycles. The molecule has 0 N–H and O–H groups in total.